The van der Waals surface area contributed by atoms with E-state index in [1.165, 1.54) is 37.7 Å². The van der Waals surface area contributed by atoms with E-state index in [1.807, 2.05) is 35.2 Å². The average molecular weight is 612 g/mol. The van der Waals surface area contributed by atoms with Gasteiger partial charge in [0.05, 0.1) is 0 Å². The fourth-order valence-corrected chi connectivity index (χ4v) is 7.15. The van der Waals surface area contributed by atoms with Crippen molar-refractivity contribution in [2.45, 2.75) is 89.3 Å². The molecule has 4 aliphatic rings. The van der Waals surface area contributed by atoms with E-state index >= 15 is 0 Å². The van der Waals surface area contributed by atoms with Crippen molar-refractivity contribution in [2.24, 2.45) is 5.92 Å². The van der Waals surface area contributed by atoms with E-state index in [4.69, 9.17) is 14.2 Å². The lowest BCUT2D eigenvalue weighted by Crippen LogP contribution is -2.73. The Labute approximate surface area is 261 Å². The van der Waals surface area contributed by atoms with Gasteiger partial charge in [-0.2, -0.15) is 0 Å². The standard InChI is InChI=1S/C34H45N3O5.ClH/c1-2-3-17-37-32(38)29(22-25-7-5-4-6-8-25)35-33(39)34(37)15-18-36(19-16-34)24-26-9-11-27(12-10-26)42-28-13-14-30-31(23-28)41-21-20-40-30;/h9-14,23,25,29H,2-8,15-22,24H2,1H3,(H,35,39);1H/t29-;/m0./s1. The van der Waals surface area contributed by atoms with Crippen molar-refractivity contribution < 1.29 is 23.8 Å². The van der Waals surface area contributed by atoms with E-state index in [0.29, 0.717) is 50.0 Å². The van der Waals surface area contributed by atoms with Gasteiger partial charge in [-0.05, 0) is 61.4 Å². The number of hydrogen-bond acceptors (Lipinski definition) is 6. The van der Waals surface area contributed by atoms with Gasteiger partial charge in [-0.1, -0.05) is 57.6 Å². The summed E-state index contributed by atoms with van der Waals surface area (Å²) in [4.78, 5) is 31.9. The van der Waals surface area contributed by atoms with E-state index in [2.05, 4.69) is 29.3 Å². The molecule has 43 heavy (non-hydrogen) atoms. The Morgan fingerprint density at radius 2 is 1.63 bits per heavy atom. The van der Waals surface area contributed by atoms with E-state index in [1.54, 1.807) is 0 Å². The maximum atomic E-state index is 13.8. The Morgan fingerprint density at radius 3 is 2.35 bits per heavy atom. The zero-order chi connectivity index (χ0) is 28.9. The zero-order valence-electron chi connectivity index (χ0n) is 25.4. The average Bonchev–Trinajstić information content (AvgIpc) is 3.02. The second-order valence-corrected chi connectivity index (χ2v) is 12.5. The van der Waals surface area contributed by atoms with Gasteiger partial charge in [-0.15, -0.1) is 12.4 Å². The van der Waals surface area contributed by atoms with Crippen LogP contribution < -0.4 is 19.5 Å². The molecule has 8 nitrogen and oxygen atoms in total. The second-order valence-electron chi connectivity index (χ2n) is 12.5. The third kappa shape index (κ3) is 7.07. The number of carbonyl (C=O) groups excluding carboxylic acids is 2. The minimum atomic E-state index is -0.715. The predicted octanol–water partition coefficient (Wildman–Crippen LogP) is 6.10. The molecule has 1 N–H and O–H groups in total. The lowest BCUT2D eigenvalue weighted by molar-refractivity contribution is -0.162. The Hall–Kier alpha value is -2.97. The lowest BCUT2D eigenvalue weighted by atomic mass is 9.79. The third-order valence-corrected chi connectivity index (χ3v) is 9.60. The molecule has 3 aliphatic heterocycles. The molecule has 2 aromatic carbocycles. The predicted molar refractivity (Wildman–Crippen MR) is 168 cm³/mol. The fraction of sp³-hybridized carbons (Fsp3) is 0.588. The number of benzene rings is 2. The molecule has 3 heterocycles. The number of halogens is 1. The SMILES string of the molecule is CCCCN1C(=O)[C@H](CC2CCCCC2)NC(=O)C12CCN(Cc1ccc(Oc3ccc4c(c3)OCCO4)cc1)CC2.Cl. The molecule has 2 aromatic rings. The van der Waals surface area contributed by atoms with Crippen molar-refractivity contribution in [3.8, 4) is 23.0 Å². The highest BCUT2D eigenvalue weighted by Crippen LogP contribution is 2.37. The molecule has 2 saturated heterocycles. The molecule has 3 fully saturated rings. The number of hydrogen-bond donors (Lipinski definition) is 1. The number of nitrogens with zero attached hydrogens (tertiary/aromatic N) is 2. The van der Waals surface area contributed by atoms with E-state index in [0.717, 1.165) is 50.4 Å². The number of piperidine rings is 1. The first-order chi connectivity index (χ1) is 20.5. The van der Waals surface area contributed by atoms with Crippen molar-refractivity contribution in [1.29, 1.82) is 0 Å². The monoisotopic (exact) mass is 611 g/mol. The highest BCUT2D eigenvalue weighted by atomic mass is 35.5. The Balaban J connectivity index is 0.00000368. The number of nitrogens with one attached hydrogen (secondary N) is 1. The largest absolute Gasteiger partial charge is 0.486 e. The van der Waals surface area contributed by atoms with Crippen molar-refractivity contribution in [2.75, 3.05) is 32.8 Å². The maximum absolute atomic E-state index is 13.8. The van der Waals surface area contributed by atoms with Gasteiger partial charge in [0.1, 0.15) is 36.3 Å². The summed E-state index contributed by atoms with van der Waals surface area (Å²) in [6.45, 7) is 6.30. The van der Waals surface area contributed by atoms with Crippen molar-refractivity contribution >= 4 is 24.2 Å². The van der Waals surface area contributed by atoms with Gasteiger partial charge in [0.25, 0.3) is 0 Å². The van der Waals surface area contributed by atoms with Crippen LogP contribution in [-0.4, -0.2) is 66.0 Å². The van der Waals surface area contributed by atoms with Crippen LogP contribution in [0.1, 0.15) is 76.7 Å². The minimum Gasteiger partial charge on any atom is -0.486 e. The van der Waals surface area contributed by atoms with Crippen molar-refractivity contribution in [1.82, 2.24) is 15.1 Å². The number of fused-ring (bicyclic) bond motifs is 1. The number of likely N-dealkylation sites (tertiary alicyclic amines) is 1. The van der Waals surface area contributed by atoms with Gasteiger partial charge in [0.2, 0.25) is 11.8 Å². The van der Waals surface area contributed by atoms with Gasteiger partial charge in [-0.3, -0.25) is 14.5 Å². The van der Waals surface area contributed by atoms with Crippen LogP contribution in [-0.2, 0) is 16.1 Å². The van der Waals surface area contributed by atoms with Crippen LogP contribution in [0.25, 0.3) is 0 Å². The van der Waals surface area contributed by atoms with E-state index < -0.39 is 5.54 Å². The van der Waals surface area contributed by atoms with Gasteiger partial charge < -0.3 is 24.4 Å². The molecule has 0 bridgehead atoms. The van der Waals surface area contributed by atoms with Gasteiger partial charge in [0, 0.05) is 32.2 Å². The van der Waals surface area contributed by atoms with E-state index in [9.17, 15) is 9.59 Å². The summed E-state index contributed by atoms with van der Waals surface area (Å²) in [7, 11) is 0. The molecule has 0 radical (unpaired) electrons. The first-order valence-corrected chi connectivity index (χ1v) is 16.1. The Kier molecular flexibility index (Phi) is 10.4. The molecule has 1 atom stereocenters. The van der Waals surface area contributed by atoms with Crippen LogP contribution >= 0.6 is 12.4 Å². The van der Waals surface area contributed by atoms with Crippen LogP contribution in [0.4, 0.5) is 0 Å². The maximum Gasteiger partial charge on any atom is 0.246 e. The van der Waals surface area contributed by atoms with Crippen molar-refractivity contribution in [3.63, 3.8) is 0 Å². The van der Waals surface area contributed by atoms with Gasteiger partial charge in [-0.25, -0.2) is 0 Å². The molecule has 0 aromatic heterocycles. The number of amides is 2. The molecular weight excluding hydrogens is 566 g/mol. The second kappa shape index (κ2) is 14.2. The number of carbonyl (C=O) groups is 2. The molecular formula is C34H46ClN3O5. The topological polar surface area (TPSA) is 80.3 Å². The van der Waals surface area contributed by atoms with Crippen molar-refractivity contribution in [3.05, 3.63) is 48.0 Å². The van der Waals surface area contributed by atoms with Crippen LogP contribution in [0, 0.1) is 5.92 Å². The summed E-state index contributed by atoms with van der Waals surface area (Å²) in [5, 5.41) is 3.21. The summed E-state index contributed by atoms with van der Waals surface area (Å²) in [5.41, 5.74) is 0.479. The molecule has 1 spiro atoms. The zero-order valence-corrected chi connectivity index (χ0v) is 26.2. The van der Waals surface area contributed by atoms with E-state index in [-0.39, 0.29) is 30.3 Å². The van der Waals surface area contributed by atoms with Gasteiger partial charge in [0.15, 0.2) is 11.5 Å². The first-order valence-electron chi connectivity index (χ1n) is 16.1. The summed E-state index contributed by atoms with van der Waals surface area (Å²) in [6.07, 6.45) is 10.2. The first kappa shape index (κ1) is 31.5. The summed E-state index contributed by atoms with van der Waals surface area (Å²) in [5.74, 6) is 3.70. The Morgan fingerprint density at radius 1 is 0.930 bits per heavy atom. The molecule has 1 saturated carbocycles. The number of unbranched alkanes of at least 4 members (excludes halogenated alkanes) is 1. The third-order valence-electron chi connectivity index (χ3n) is 9.60. The number of piperazine rings is 1. The normalized spacial score (nSPS) is 22.2. The summed E-state index contributed by atoms with van der Waals surface area (Å²) < 4.78 is 17.3. The molecule has 6 rings (SSSR count). The Bertz CT molecular complexity index is 1240. The minimum absolute atomic E-state index is 0. The highest BCUT2D eigenvalue weighted by molar-refractivity contribution is 6.00. The number of rotatable bonds is 9. The fourth-order valence-electron chi connectivity index (χ4n) is 7.15. The number of ether oxygens (including phenoxy) is 3. The summed E-state index contributed by atoms with van der Waals surface area (Å²) in [6, 6.07) is 13.4. The van der Waals surface area contributed by atoms with Crippen LogP contribution in [0.5, 0.6) is 23.0 Å². The summed E-state index contributed by atoms with van der Waals surface area (Å²) >= 11 is 0. The smallest absolute Gasteiger partial charge is 0.246 e. The quantitative estimate of drug-likeness (QED) is 0.369. The molecule has 0 unspecified atom stereocenters. The van der Waals surface area contributed by atoms with Crippen LogP contribution in [0.3, 0.4) is 0 Å². The highest BCUT2D eigenvalue weighted by Gasteiger charge is 2.53. The molecule has 2 amide bonds. The molecule has 1 aliphatic carbocycles. The molecule has 9 heteroatoms. The molecule has 234 valence electrons. The lowest BCUT2D eigenvalue weighted by Gasteiger charge is -2.52. The van der Waals surface area contributed by atoms with Crippen LogP contribution in [0.2, 0.25) is 0 Å². The van der Waals surface area contributed by atoms with Crippen LogP contribution in [0.15, 0.2) is 42.5 Å². The van der Waals surface area contributed by atoms with Gasteiger partial charge >= 0.3 is 0 Å².